The maximum absolute atomic E-state index is 12.2. The van der Waals surface area contributed by atoms with Crippen molar-refractivity contribution in [1.82, 2.24) is 4.98 Å². The third kappa shape index (κ3) is 1.21. The largest absolute Gasteiger partial charge is 0.457 e. The number of ketones is 2. The smallest absolute Gasteiger partial charge is 0.231 e. The Bertz CT molecular complexity index is 667. The Morgan fingerprint density at radius 2 is 1.94 bits per heavy atom. The van der Waals surface area contributed by atoms with Crippen molar-refractivity contribution in [2.75, 3.05) is 0 Å². The van der Waals surface area contributed by atoms with Crippen molar-refractivity contribution in [3.05, 3.63) is 52.2 Å². The van der Waals surface area contributed by atoms with Gasteiger partial charge in [0, 0.05) is 6.20 Å². The molecular formula is C13H9NO3. The number of carbonyl (C=O) groups is 2. The van der Waals surface area contributed by atoms with Crippen LogP contribution in [0.5, 0.6) is 0 Å². The average molecular weight is 227 g/mol. The number of nitrogens with zero attached hydrogens (tertiary/aromatic N) is 1. The Morgan fingerprint density at radius 3 is 2.71 bits per heavy atom. The van der Waals surface area contributed by atoms with Gasteiger partial charge in [-0.3, -0.25) is 14.6 Å². The summed E-state index contributed by atoms with van der Waals surface area (Å²) < 4.78 is 5.30. The molecule has 1 aliphatic carbocycles. The van der Waals surface area contributed by atoms with Gasteiger partial charge in [-0.1, -0.05) is 0 Å². The molecule has 0 saturated heterocycles. The van der Waals surface area contributed by atoms with E-state index < -0.39 is 0 Å². The summed E-state index contributed by atoms with van der Waals surface area (Å²) in [5, 5.41) is 0. The second kappa shape index (κ2) is 3.13. The first kappa shape index (κ1) is 9.96. The lowest BCUT2D eigenvalue weighted by Gasteiger charge is -2.13. The summed E-state index contributed by atoms with van der Waals surface area (Å²) in [6, 6.07) is 3.30. The number of aryl methyl sites for hydroxylation is 2. The first-order chi connectivity index (χ1) is 8.09. The van der Waals surface area contributed by atoms with Gasteiger partial charge in [-0.15, -0.1) is 0 Å². The molecule has 17 heavy (non-hydrogen) atoms. The van der Waals surface area contributed by atoms with E-state index in [9.17, 15) is 9.59 Å². The van der Waals surface area contributed by atoms with Gasteiger partial charge >= 0.3 is 0 Å². The van der Waals surface area contributed by atoms with Crippen LogP contribution in [-0.4, -0.2) is 16.6 Å². The van der Waals surface area contributed by atoms with Gasteiger partial charge in [-0.05, 0) is 31.5 Å². The molecule has 84 valence electrons. The third-order valence-electron chi connectivity index (χ3n) is 2.91. The molecule has 0 amide bonds. The van der Waals surface area contributed by atoms with Gasteiger partial charge in [0.2, 0.25) is 11.6 Å². The van der Waals surface area contributed by atoms with Crippen LogP contribution in [0, 0.1) is 13.8 Å². The minimum atomic E-state index is -0.256. The van der Waals surface area contributed by atoms with E-state index in [1.54, 1.807) is 26.0 Å². The number of hydrogen-bond donors (Lipinski definition) is 0. The van der Waals surface area contributed by atoms with Gasteiger partial charge in [0.05, 0.1) is 11.1 Å². The summed E-state index contributed by atoms with van der Waals surface area (Å²) in [6.07, 6.45) is 1.54. The monoisotopic (exact) mass is 227 g/mol. The fraction of sp³-hybridized carbons (Fsp3) is 0.154. The number of rotatable bonds is 0. The second-order valence-electron chi connectivity index (χ2n) is 4.11. The highest BCUT2D eigenvalue weighted by molar-refractivity contribution is 6.27. The normalized spacial score (nSPS) is 13.5. The maximum atomic E-state index is 12.2. The zero-order valence-electron chi connectivity index (χ0n) is 9.40. The van der Waals surface area contributed by atoms with Crippen LogP contribution in [0.1, 0.15) is 43.5 Å². The summed E-state index contributed by atoms with van der Waals surface area (Å²) in [5.41, 5.74) is 1.65. The highest BCUT2D eigenvalue weighted by Crippen LogP contribution is 2.29. The van der Waals surface area contributed by atoms with Crippen LogP contribution >= 0.6 is 0 Å². The van der Waals surface area contributed by atoms with Gasteiger partial charge in [-0.25, -0.2) is 0 Å². The number of pyridine rings is 1. The van der Waals surface area contributed by atoms with Crippen molar-refractivity contribution in [2.45, 2.75) is 13.8 Å². The lowest BCUT2D eigenvalue weighted by Crippen LogP contribution is -2.21. The molecule has 4 heteroatoms. The predicted molar refractivity (Wildman–Crippen MR) is 59.3 cm³/mol. The molecule has 2 aromatic rings. The van der Waals surface area contributed by atoms with Gasteiger partial charge in [0.1, 0.15) is 11.5 Å². The van der Waals surface area contributed by atoms with Crippen LogP contribution in [0.4, 0.5) is 0 Å². The molecule has 4 nitrogen and oxygen atoms in total. The molecule has 0 N–H and O–H groups in total. The van der Waals surface area contributed by atoms with Crippen molar-refractivity contribution in [2.24, 2.45) is 0 Å². The molecule has 0 unspecified atom stereocenters. The SMILES string of the molecule is Cc1cc2c(o1)C(=O)c1c(C)ccnc1C2=O. The Morgan fingerprint density at radius 1 is 1.18 bits per heavy atom. The van der Waals surface area contributed by atoms with Crippen molar-refractivity contribution < 1.29 is 14.0 Å². The highest BCUT2D eigenvalue weighted by Gasteiger charge is 2.35. The van der Waals surface area contributed by atoms with E-state index in [1.165, 1.54) is 6.20 Å². The number of furan rings is 1. The van der Waals surface area contributed by atoms with Crippen LogP contribution in [0.3, 0.4) is 0 Å². The van der Waals surface area contributed by atoms with Gasteiger partial charge in [-0.2, -0.15) is 0 Å². The summed E-state index contributed by atoms with van der Waals surface area (Å²) >= 11 is 0. The molecule has 0 atom stereocenters. The predicted octanol–water partition coefficient (Wildman–Crippen LogP) is 2.07. The molecule has 2 aromatic heterocycles. The fourth-order valence-electron chi connectivity index (χ4n) is 2.11. The van der Waals surface area contributed by atoms with Crippen molar-refractivity contribution >= 4 is 11.6 Å². The molecule has 0 spiro atoms. The number of carbonyl (C=O) groups excluding carboxylic acids is 2. The minimum Gasteiger partial charge on any atom is -0.457 e. The van der Waals surface area contributed by atoms with E-state index >= 15 is 0 Å². The minimum absolute atomic E-state index is 0.135. The van der Waals surface area contributed by atoms with Crippen LogP contribution in [-0.2, 0) is 0 Å². The Kier molecular flexibility index (Phi) is 1.84. The van der Waals surface area contributed by atoms with Gasteiger partial charge in [0.25, 0.3) is 0 Å². The van der Waals surface area contributed by atoms with Crippen LogP contribution in [0.15, 0.2) is 22.7 Å². The first-order valence-corrected chi connectivity index (χ1v) is 5.25. The van der Waals surface area contributed by atoms with Crippen LogP contribution < -0.4 is 0 Å². The zero-order valence-corrected chi connectivity index (χ0v) is 9.40. The Hall–Kier alpha value is -2.23. The molecule has 0 radical (unpaired) electrons. The lowest BCUT2D eigenvalue weighted by atomic mass is 9.90. The molecule has 0 aliphatic heterocycles. The standard InChI is InChI=1S/C13H9NO3/c1-6-3-4-14-10-9(6)12(16)13-8(11(10)15)5-7(2)17-13/h3-5H,1-2H3. The molecule has 0 fully saturated rings. The zero-order chi connectivity index (χ0) is 12.2. The molecule has 3 rings (SSSR count). The van der Waals surface area contributed by atoms with E-state index in [4.69, 9.17) is 4.42 Å². The van der Waals surface area contributed by atoms with Crippen LogP contribution in [0.2, 0.25) is 0 Å². The Balaban J connectivity index is 2.36. The number of aromatic nitrogens is 1. The molecule has 0 bridgehead atoms. The molecule has 2 heterocycles. The van der Waals surface area contributed by atoms with Crippen LogP contribution in [0.25, 0.3) is 0 Å². The lowest BCUT2D eigenvalue weighted by molar-refractivity contribution is 0.0955. The summed E-state index contributed by atoms with van der Waals surface area (Å²) in [6.45, 7) is 3.50. The maximum Gasteiger partial charge on any atom is 0.231 e. The van der Waals surface area contributed by atoms with E-state index in [-0.39, 0.29) is 23.0 Å². The molecular weight excluding hydrogens is 218 g/mol. The molecule has 0 aromatic carbocycles. The van der Waals surface area contributed by atoms with E-state index in [1.807, 2.05) is 0 Å². The molecule has 0 saturated carbocycles. The van der Waals surface area contributed by atoms with E-state index in [0.717, 1.165) is 5.56 Å². The van der Waals surface area contributed by atoms with Gasteiger partial charge in [0.15, 0.2) is 5.76 Å². The average Bonchev–Trinajstić information content (AvgIpc) is 2.68. The van der Waals surface area contributed by atoms with E-state index in [2.05, 4.69) is 4.98 Å². The van der Waals surface area contributed by atoms with E-state index in [0.29, 0.717) is 16.9 Å². The second-order valence-corrected chi connectivity index (χ2v) is 4.11. The van der Waals surface area contributed by atoms with Crippen molar-refractivity contribution in [3.63, 3.8) is 0 Å². The summed E-state index contributed by atoms with van der Waals surface area (Å²) in [4.78, 5) is 28.4. The quantitative estimate of drug-likeness (QED) is 0.589. The summed E-state index contributed by atoms with van der Waals surface area (Å²) in [5.74, 6) is 0.196. The number of hydrogen-bond acceptors (Lipinski definition) is 4. The van der Waals surface area contributed by atoms with Gasteiger partial charge < -0.3 is 4.42 Å². The fourth-order valence-corrected chi connectivity index (χ4v) is 2.11. The topological polar surface area (TPSA) is 60.2 Å². The summed E-state index contributed by atoms with van der Waals surface area (Å²) in [7, 11) is 0. The van der Waals surface area contributed by atoms with Crippen molar-refractivity contribution in [3.8, 4) is 0 Å². The Labute approximate surface area is 97.3 Å². The number of fused-ring (bicyclic) bond motifs is 2. The molecule has 1 aliphatic rings. The highest BCUT2D eigenvalue weighted by atomic mass is 16.3. The first-order valence-electron chi connectivity index (χ1n) is 5.25. The third-order valence-corrected chi connectivity index (χ3v) is 2.91. The van der Waals surface area contributed by atoms with Crippen molar-refractivity contribution in [1.29, 1.82) is 0 Å².